The molecule has 0 aliphatic rings. The maximum atomic E-state index is 13.9. The second-order valence-electron chi connectivity index (χ2n) is 5.40. The van der Waals surface area contributed by atoms with Gasteiger partial charge in [0.1, 0.15) is 5.75 Å². The molecule has 0 aliphatic carbocycles. The Hall–Kier alpha value is -1.16. The van der Waals surface area contributed by atoms with Gasteiger partial charge in [0.05, 0.1) is 13.7 Å². The van der Waals surface area contributed by atoms with Gasteiger partial charge in [-0.3, -0.25) is 0 Å². The second-order valence-corrected chi connectivity index (χ2v) is 5.40. The van der Waals surface area contributed by atoms with Crippen molar-refractivity contribution < 1.29 is 13.5 Å². The standard InChI is InChI=1S/C14H21F2NO/c1-13(2,3)11-8-10(6-7-12(11)18-5)14(15,16)9-17-4/h6-8,17H,9H2,1-5H3. The SMILES string of the molecule is CNCC(F)(F)c1ccc(OC)c(C(C)(C)C)c1. The summed E-state index contributed by atoms with van der Waals surface area (Å²) in [5, 5.41) is 2.51. The minimum Gasteiger partial charge on any atom is -0.496 e. The van der Waals surface area contributed by atoms with Crippen LogP contribution in [-0.4, -0.2) is 20.7 Å². The first-order valence-corrected chi connectivity index (χ1v) is 5.94. The molecule has 0 spiro atoms. The van der Waals surface area contributed by atoms with Crippen LogP contribution < -0.4 is 10.1 Å². The number of hydrogen-bond donors (Lipinski definition) is 1. The van der Waals surface area contributed by atoms with E-state index in [2.05, 4.69) is 5.32 Å². The van der Waals surface area contributed by atoms with Crippen molar-refractivity contribution in [3.8, 4) is 5.75 Å². The van der Waals surface area contributed by atoms with Crippen molar-refractivity contribution >= 4 is 0 Å². The molecule has 1 aromatic rings. The lowest BCUT2D eigenvalue weighted by molar-refractivity contribution is -0.00141. The fraction of sp³-hybridized carbons (Fsp3) is 0.571. The molecule has 0 fully saturated rings. The van der Waals surface area contributed by atoms with Crippen LogP contribution in [0, 0.1) is 0 Å². The third-order valence-corrected chi connectivity index (χ3v) is 2.83. The summed E-state index contributed by atoms with van der Waals surface area (Å²) >= 11 is 0. The Morgan fingerprint density at radius 2 is 1.83 bits per heavy atom. The average Bonchev–Trinajstić information content (AvgIpc) is 2.27. The number of halogens is 2. The zero-order chi connectivity index (χ0) is 14.0. The van der Waals surface area contributed by atoms with E-state index in [0.717, 1.165) is 5.56 Å². The summed E-state index contributed by atoms with van der Waals surface area (Å²) in [5.74, 6) is -2.23. The minimum absolute atomic E-state index is 0.0163. The highest BCUT2D eigenvalue weighted by Gasteiger charge is 2.32. The largest absolute Gasteiger partial charge is 0.496 e. The second kappa shape index (κ2) is 5.22. The van der Waals surface area contributed by atoms with E-state index >= 15 is 0 Å². The molecule has 0 aromatic heterocycles. The van der Waals surface area contributed by atoms with Crippen LogP contribution in [0.1, 0.15) is 31.9 Å². The number of rotatable bonds is 4. The number of hydrogen-bond acceptors (Lipinski definition) is 2. The highest BCUT2D eigenvalue weighted by molar-refractivity contribution is 5.42. The molecule has 0 aliphatic heterocycles. The highest BCUT2D eigenvalue weighted by Crippen LogP contribution is 2.36. The first kappa shape index (κ1) is 14.9. The highest BCUT2D eigenvalue weighted by atomic mass is 19.3. The Morgan fingerprint density at radius 1 is 1.22 bits per heavy atom. The van der Waals surface area contributed by atoms with Crippen LogP contribution in [-0.2, 0) is 11.3 Å². The summed E-state index contributed by atoms with van der Waals surface area (Å²) in [6.45, 7) is 5.56. The minimum atomic E-state index is -2.87. The molecule has 0 bridgehead atoms. The van der Waals surface area contributed by atoms with E-state index in [4.69, 9.17) is 4.74 Å². The molecule has 0 atom stereocenters. The van der Waals surface area contributed by atoms with E-state index in [1.165, 1.54) is 19.2 Å². The van der Waals surface area contributed by atoms with Crippen molar-refractivity contribution in [2.45, 2.75) is 32.1 Å². The Labute approximate surface area is 107 Å². The maximum absolute atomic E-state index is 13.9. The number of methoxy groups -OCH3 is 1. The Morgan fingerprint density at radius 3 is 2.28 bits per heavy atom. The smallest absolute Gasteiger partial charge is 0.285 e. The molecule has 102 valence electrons. The summed E-state index contributed by atoms with van der Waals surface area (Å²) in [6, 6.07) is 4.57. The molecule has 0 amide bonds. The van der Waals surface area contributed by atoms with Crippen LogP contribution in [0.5, 0.6) is 5.75 Å². The lowest BCUT2D eigenvalue weighted by atomic mass is 9.84. The van der Waals surface area contributed by atoms with Crippen molar-refractivity contribution in [3.63, 3.8) is 0 Å². The van der Waals surface area contributed by atoms with Crippen LogP contribution in [0.4, 0.5) is 8.78 Å². The number of nitrogens with one attached hydrogen (secondary N) is 1. The lowest BCUT2D eigenvalue weighted by Crippen LogP contribution is -2.28. The predicted octanol–water partition coefficient (Wildman–Crippen LogP) is 3.30. The molecule has 0 radical (unpaired) electrons. The van der Waals surface area contributed by atoms with Gasteiger partial charge in [0, 0.05) is 5.56 Å². The average molecular weight is 257 g/mol. The van der Waals surface area contributed by atoms with Crippen molar-refractivity contribution in [3.05, 3.63) is 29.3 Å². The quantitative estimate of drug-likeness (QED) is 0.893. The number of alkyl halides is 2. The van der Waals surface area contributed by atoms with Crippen molar-refractivity contribution in [1.29, 1.82) is 0 Å². The van der Waals surface area contributed by atoms with Gasteiger partial charge in [0.25, 0.3) is 5.92 Å². The first-order chi connectivity index (χ1) is 8.22. The van der Waals surface area contributed by atoms with Gasteiger partial charge in [0.2, 0.25) is 0 Å². The zero-order valence-corrected chi connectivity index (χ0v) is 11.6. The predicted molar refractivity (Wildman–Crippen MR) is 69.5 cm³/mol. The number of ether oxygens (including phenoxy) is 1. The van der Waals surface area contributed by atoms with Crippen molar-refractivity contribution in [1.82, 2.24) is 5.32 Å². The Balaban J connectivity index is 3.27. The van der Waals surface area contributed by atoms with Crippen molar-refractivity contribution in [2.75, 3.05) is 20.7 Å². The molecule has 4 heteroatoms. The number of benzene rings is 1. The van der Waals surface area contributed by atoms with Gasteiger partial charge >= 0.3 is 0 Å². The van der Waals surface area contributed by atoms with E-state index in [0.29, 0.717) is 5.75 Å². The van der Waals surface area contributed by atoms with Gasteiger partial charge in [-0.25, -0.2) is 0 Å². The van der Waals surface area contributed by atoms with Crippen LogP contribution in [0.25, 0.3) is 0 Å². The third kappa shape index (κ3) is 3.19. The zero-order valence-electron chi connectivity index (χ0n) is 11.6. The first-order valence-electron chi connectivity index (χ1n) is 5.94. The van der Waals surface area contributed by atoms with Gasteiger partial charge in [-0.2, -0.15) is 8.78 Å². The van der Waals surface area contributed by atoms with Crippen LogP contribution in [0.2, 0.25) is 0 Å². The summed E-state index contributed by atoms with van der Waals surface area (Å²) in [6.07, 6.45) is 0. The topological polar surface area (TPSA) is 21.3 Å². The van der Waals surface area contributed by atoms with Gasteiger partial charge < -0.3 is 10.1 Å². The summed E-state index contributed by atoms with van der Waals surface area (Å²) in [5.41, 5.74) is 0.567. The van der Waals surface area contributed by atoms with Crippen LogP contribution in [0.15, 0.2) is 18.2 Å². The lowest BCUT2D eigenvalue weighted by Gasteiger charge is -2.25. The van der Waals surface area contributed by atoms with Gasteiger partial charge in [-0.15, -0.1) is 0 Å². The monoisotopic (exact) mass is 257 g/mol. The third-order valence-electron chi connectivity index (χ3n) is 2.83. The molecule has 0 saturated heterocycles. The molecule has 0 saturated carbocycles. The van der Waals surface area contributed by atoms with Gasteiger partial charge in [-0.05, 0) is 36.2 Å². The Kier molecular flexibility index (Phi) is 4.32. The molecule has 0 heterocycles. The fourth-order valence-electron chi connectivity index (χ4n) is 1.85. The van der Waals surface area contributed by atoms with Crippen molar-refractivity contribution in [2.24, 2.45) is 0 Å². The molecule has 18 heavy (non-hydrogen) atoms. The molecule has 1 aromatic carbocycles. The number of likely N-dealkylation sites (N-methyl/N-ethyl adjacent to an activating group) is 1. The molecule has 2 nitrogen and oxygen atoms in total. The van der Waals surface area contributed by atoms with E-state index in [9.17, 15) is 8.78 Å². The Bertz CT molecular complexity index is 411. The summed E-state index contributed by atoms with van der Waals surface area (Å²) in [4.78, 5) is 0. The molecule has 1 N–H and O–H groups in total. The summed E-state index contributed by atoms with van der Waals surface area (Å²) < 4.78 is 33.0. The molecule has 0 unspecified atom stereocenters. The van der Waals surface area contributed by atoms with Crippen LogP contribution >= 0.6 is 0 Å². The van der Waals surface area contributed by atoms with Gasteiger partial charge in [0.15, 0.2) is 0 Å². The summed E-state index contributed by atoms with van der Waals surface area (Å²) in [7, 11) is 3.07. The normalized spacial score (nSPS) is 12.6. The maximum Gasteiger partial charge on any atom is 0.285 e. The van der Waals surface area contributed by atoms with E-state index in [1.54, 1.807) is 13.2 Å². The van der Waals surface area contributed by atoms with E-state index < -0.39 is 5.92 Å². The molecular formula is C14H21F2NO. The molecular weight excluding hydrogens is 236 g/mol. The fourth-order valence-corrected chi connectivity index (χ4v) is 1.85. The van der Waals surface area contributed by atoms with E-state index in [-0.39, 0.29) is 17.5 Å². The van der Waals surface area contributed by atoms with E-state index in [1.807, 2.05) is 20.8 Å². The van der Waals surface area contributed by atoms with Gasteiger partial charge in [-0.1, -0.05) is 20.8 Å². The molecule has 1 rings (SSSR count). The van der Waals surface area contributed by atoms with Crippen LogP contribution in [0.3, 0.4) is 0 Å².